The first-order valence-corrected chi connectivity index (χ1v) is 7.53. The van der Waals surface area contributed by atoms with Crippen LogP contribution in [0.4, 0.5) is 5.69 Å². The lowest BCUT2D eigenvalue weighted by Gasteiger charge is -2.26. The molecule has 1 fully saturated rings. The van der Waals surface area contributed by atoms with Crippen LogP contribution in [0.2, 0.25) is 0 Å². The smallest absolute Gasteiger partial charge is 0.227 e. The van der Waals surface area contributed by atoms with Crippen molar-refractivity contribution in [1.29, 1.82) is 0 Å². The number of hydrogen-bond acceptors (Lipinski definition) is 3. The Bertz CT molecular complexity index is 493. The minimum atomic E-state index is 0.141. The predicted octanol–water partition coefficient (Wildman–Crippen LogP) is 2.33. The molecular formula is C16H22N2O2. The van der Waals surface area contributed by atoms with Crippen LogP contribution in [-0.4, -0.2) is 19.1 Å². The molecule has 3 N–H and O–H groups in total. The lowest BCUT2D eigenvalue weighted by molar-refractivity contribution is -0.121. The number of nitrogens with two attached hydrogens (primary N) is 1. The first-order valence-electron chi connectivity index (χ1n) is 7.53. The summed E-state index contributed by atoms with van der Waals surface area (Å²) in [7, 11) is 0. The Kier molecular flexibility index (Phi) is 3.92. The fourth-order valence-corrected chi connectivity index (χ4v) is 3.17. The maximum Gasteiger partial charge on any atom is 0.227 e. The van der Waals surface area contributed by atoms with Gasteiger partial charge in [0.2, 0.25) is 5.91 Å². The van der Waals surface area contributed by atoms with Gasteiger partial charge in [-0.25, -0.2) is 0 Å². The van der Waals surface area contributed by atoms with Gasteiger partial charge in [-0.3, -0.25) is 4.79 Å². The van der Waals surface area contributed by atoms with Crippen LogP contribution in [0, 0.1) is 11.8 Å². The normalized spacial score (nSPS) is 24.9. The third-order valence-corrected chi connectivity index (χ3v) is 4.51. The fourth-order valence-electron chi connectivity index (χ4n) is 3.17. The van der Waals surface area contributed by atoms with E-state index >= 15 is 0 Å². The standard InChI is InChI=1S/C16H22N2O2/c17-10-11-1-3-12(4-2-11)16(19)18-14-5-6-15-13(9-14)7-8-20-15/h5-6,9,11-12H,1-4,7-8,10,17H2,(H,18,19). The van der Waals surface area contributed by atoms with E-state index < -0.39 is 0 Å². The van der Waals surface area contributed by atoms with E-state index in [0.717, 1.165) is 56.7 Å². The van der Waals surface area contributed by atoms with E-state index in [2.05, 4.69) is 5.32 Å². The Balaban J connectivity index is 1.59. The summed E-state index contributed by atoms with van der Waals surface area (Å²) in [5.74, 6) is 1.85. The fraction of sp³-hybridized carbons (Fsp3) is 0.562. The molecular weight excluding hydrogens is 252 g/mol. The van der Waals surface area contributed by atoms with Gasteiger partial charge in [-0.15, -0.1) is 0 Å². The molecule has 0 unspecified atom stereocenters. The second kappa shape index (κ2) is 5.83. The molecule has 1 heterocycles. The van der Waals surface area contributed by atoms with Gasteiger partial charge in [0.15, 0.2) is 0 Å². The van der Waals surface area contributed by atoms with E-state index in [1.54, 1.807) is 0 Å². The van der Waals surface area contributed by atoms with E-state index in [0.29, 0.717) is 5.92 Å². The molecule has 1 amide bonds. The molecule has 2 aliphatic rings. The summed E-state index contributed by atoms with van der Waals surface area (Å²) in [4.78, 5) is 12.3. The Labute approximate surface area is 119 Å². The number of carbonyl (C=O) groups excluding carboxylic acids is 1. The number of anilines is 1. The van der Waals surface area contributed by atoms with Crippen molar-refractivity contribution in [2.75, 3.05) is 18.5 Å². The number of ether oxygens (including phenoxy) is 1. The number of benzene rings is 1. The molecule has 4 nitrogen and oxygen atoms in total. The summed E-state index contributed by atoms with van der Waals surface area (Å²) in [6.07, 6.45) is 5.00. The third-order valence-electron chi connectivity index (χ3n) is 4.51. The Morgan fingerprint density at radius 1 is 1.30 bits per heavy atom. The summed E-state index contributed by atoms with van der Waals surface area (Å²) in [6.45, 7) is 1.50. The zero-order valence-corrected chi connectivity index (χ0v) is 11.7. The minimum absolute atomic E-state index is 0.141. The Hall–Kier alpha value is -1.55. The van der Waals surface area contributed by atoms with Crippen molar-refractivity contribution >= 4 is 11.6 Å². The lowest BCUT2D eigenvalue weighted by Crippen LogP contribution is -2.29. The Morgan fingerprint density at radius 2 is 2.10 bits per heavy atom. The van der Waals surface area contributed by atoms with E-state index in [1.165, 1.54) is 5.56 Å². The number of amides is 1. The number of nitrogens with one attached hydrogen (secondary N) is 1. The van der Waals surface area contributed by atoms with Crippen LogP contribution in [-0.2, 0) is 11.2 Å². The largest absolute Gasteiger partial charge is 0.493 e. The van der Waals surface area contributed by atoms with Crippen LogP contribution in [0.1, 0.15) is 31.2 Å². The zero-order chi connectivity index (χ0) is 13.9. The van der Waals surface area contributed by atoms with Crippen LogP contribution >= 0.6 is 0 Å². The highest BCUT2D eigenvalue weighted by Gasteiger charge is 2.25. The maximum atomic E-state index is 12.3. The highest BCUT2D eigenvalue weighted by atomic mass is 16.5. The number of rotatable bonds is 3. The van der Waals surface area contributed by atoms with E-state index in [9.17, 15) is 4.79 Å². The van der Waals surface area contributed by atoms with Gasteiger partial charge in [0.25, 0.3) is 0 Å². The topological polar surface area (TPSA) is 64.4 Å². The molecule has 1 aliphatic carbocycles. The van der Waals surface area contributed by atoms with Gasteiger partial charge in [-0.2, -0.15) is 0 Å². The minimum Gasteiger partial charge on any atom is -0.493 e. The molecule has 4 heteroatoms. The first-order chi connectivity index (χ1) is 9.76. The zero-order valence-electron chi connectivity index (χ0n) is 11.7. The quantitative estimate of drug-likeness (QED) is 0.889. The van der Waals surface area contributed by atoms with Gasteiger partial charge in [-0.05, 0) is 61.9 Å². The molecule has 1 saturated carbocycles. The summed E-state index contributed by atoms with van der Waals surface area (Å²) >= 11 is 0. The molecule has 0 spiro atoms. The summed E-state index contributed by atoms with van der Waals surface area (Å²) < 4.78 is 5.47. The van der Waals surface area contributed by atoms with E-state index in [-0.39, 0.29) is 11.8 Å². The first kappa shape index (κ1) is 13.4. The molecule has 0 aromatic heterocycles. The van der Waals surface area contributed by atoms with Crippen molar-refractivity contribution in [1.82, 2.24) is 0 Å². The maximum absolute atomic E-state index is 12.3. The monoisotopic (exact) mass is 274 g/mol. The number of hydrogen-bond donors (Lipinski definition) is 2. The second-order valence-electron chi connectivity index (χ2n) is 5.86. The molecule has 108 valence electrons. The third kappa shape index (κ3) is 2.80. The number of fused-ring (bicyclic) bond motifs is 1. The highest BCUT2D eigenvalue weighted by molar-refractivity contribution is 5.92. The van der Waals surface area contributed by atoms with Crippen molar-refractivity contribution in [2.24, 2.45) is 17.6 Å². The van der Waals surface area contributed by atoms with Crippen molar-refractivity contribution in [3.05, 3.63) is 23.8 Å². The molecule has 1 aromatic rings. The summed E-state index contributed by atoms with van der Waals surface area (Å²) in [5.41, 5.74) is 7.77. The van der Waals surface area contributed by atoms with Crippen LogP contribution in [0.25, 0.3) is 0 Å². The molecule has 0 atom stereocenters. The molecule has 1 aromatic carbocycles. The van der Waals surface area contributed by atoms with E-state index in [1.807, 2.05) is 18.2 Å². The average molecular weight is 274 g/mol. The van der Waals surface area contributed by atoms with Gasteiger partial charge in [-0.1, -0.05) is 0 Å². The molecule has 20 heavy (non-hydrogen) atoms. The van der Waals surface area contributed by atoms with Crippen LogP contribution < -0.4 is 15.8 Å². The molecule has 0 radical (unpaired) electrons. The SMILES string of the molecule is NCC1CCC(C(=O)Nc2ccc3c(c2)CCO3)CC1. The number of carbonyl (C=O) groups is 1. The van der Waals surface area contributed by atoms with Crippen molar-refractivity contribution in [3.63, 3.8) is 0 Å². The Morgan fingerprint density at radius 3 is 2.85 bits per heavy atom. The lowest BCUT2D eigenvalue weighted by atomic mass is 9.81. The highest BCUT2D eigenvalue weighted by Crippen LogP contribution is 2.31. The van der Waals surface area contributed by atoms with Gasteiger partial charge >= 0.3 is 0 Å². The molecule has 3 rings (SSSR count). The summed E-state index contributed by atoms with van der Waals surface area (Å²) in [5, 5.41) is 3.05. The molecule has 1 aliphatic heterocycles. The van der Waals surface area contributed by atoms with Gasteiger partial charge in [0.05, 0.1) is 6.61 Å². The van der Waals surface area contributed by atoms with Crippen molar-refractivity contribution in [2.45, 2.75) is 32.1 Å². The van der Waals surface area contributed by atoms with Crippen molar-refractivity contribution in [3.8, 4) is 5.75 Å². The summed E-state index contributed by atoms with van der Waals surface area (Å²) in [6, 6.07) is 5.91. The van der Waals surface area contributed by atoms with Gasteiger partial charge < -0.3 is 15.8 Å². The predicted molar refractivity (Wildman–Crippen MR) is 78.8 cm³/mol. The van der Waals surface area contributed by atoms with Gasteiger partial charge in [0, 0.05) is 18.0 Å². The van der Waals surface area contributed by atoms with Crippen LogP contribution in [0.15, 0.2) is 18.2 Å². The second-order valence-corrected chi connectivity index (χ2v) is 5.86. The molecule has 0 bridgehead atoms. The van der Waals surface area contributed by atoms with Gasteiger partial charge in [0.1, 0.15) is 5.75 Å². The van der Waals surface area contributed by atoms with Crippen LogP contribution in [0.5, 0.6) is 5.75 Å². The van der Waals surface area contributed by atoms with Crippen molar-refractivity contribution < 1.29 is 9.53 Å². The van der Waals surface area contributed by atoms with Crippen LogP contribution in [0.3, 0.4) is 0 Å². The van der Waals surface area contributed by atoms with E-state index in [4.69, 9.17) is 10.5 Å². The molecule has 0 saturated heterocycles. The average Bonchev–Trinajstić information content (AvgIpc) is 2.95.